The topological polar surface area (TPSA) is 31.5 Å². The minimum absolute atomic E-state index is 0.301. The quantitative estimate of drug-likeness (QED) is 0.546. The average Bonchev–Trinajstić information content (AvgIpc) is 3.09. The molecule has 4 fully saturated rings. The summed E-state index contributed by atoms with van der Waals surface area (Å²) in [4.78, 5) is 9.21. The minimum atomic E-state index is 0.301. The van der Waals surface area contributed by atoms with Gasteiger partial charge in [0, 0.05) is 41.3 Å². The van der Waals surface area contributed by atoms with Gasteiger partial charge in [0.2, 0.25) is 0 Å². The van der Waals surface area contributed by atoms with Crippen LogP contribution in [-0.4, -0.2) is 52.1 Å². The Morgan fingerprint density at radius 2 is 1.79 bits per heavy atom. The Hall–Kier alpha value is -2.30. The Morgan fingerprint density at radius 3 is 2.48 bits per heavy atom. The van der Waals surface area contributed by atoms with E-state index in [0.29, 0.717) is 23.7 Å². The number of nitrogens with one attached hydrogen (secondary N) is 1. The van der Waals surface area contributed by atoms with E-state index in [2.05, 4.69) is 77.2 Å². The van der Waals surface area contributed by atoms with Gasteiger partial charge >= 0.3 is 0 Å². The Bertz CT molecular complexity index is 1160. The van der Waals surface area contributed by atoms with Gasteiger partial charge in [-0.15, -0.1) is 0 Å². The van der Waals surface area contributed by atoms with Crippen LogP contribution in [0.4, 0.5) is 0 Å². The molecule has 8 rings (SSSR count). The van der Waals surface area contributed by atoms with E-state index in [9.17, 15) is 0 Å². The van der Waals surface area contributed by atoms with Gasteiger partial charge in [-0.3, -0.25) is 9.80 Å². The van der Waals surface area contributed by atoms with Crippen molar-refractivity contribution < 1.29 is 4.74 Å². The van der Waals surface area contributed by atoms with Crippen molar-refractivity contribution in [2.75, 3.05) is 19.6 Å². The Morgan fingerprint density at radius 1 is 1.03 bits per heavy atom. The lowest BCUT2D eigenvalue weighted by atomic mass is 9.48. The first-order valence-electron chi connectivity index (χ1n) is 13.0. The van der Waals surface area contributed by atoms with Gasteiger partial charge < -0.3 is 9.72 Å². The number of hydrogen-bond donors (Lipinski definition) is 1. The Kier molecular flexibility index (Phi) is 4.48. The van der Waals surface area contributed by atoms with Crippen molar-refractivity contribution in [1.29, 1.82) is 0 Å². The van der Waals surface area contributed by atoms with Crippen LogP contribution in [0.2, 0.25) is 0 Å². The number of likely N-dealkylation sites (tertiary alicyclic amines) is 1. The number of benzene rings is 2. The van der Waals surface area contributed by atoms with Crippen molar-refractivity contribution in [3.8, 4) is 5.75 Å². The molecule has 172 valence electrons. The second-order valence-electron chi connectivity index (χ2n) is 11.2. The second-order valence-corrected chi connectivity index (χ2v) is 11.2. The summed E-state index contributed by atoms with van der Waals surface area (Å²) in [5.74, 6) is 1.99. The summed E-state index contributed by atoms with van der Waals surface area (Å²) >= 11 is 0. The van der Waals surface area contributed by atoms with E-state index >= 15 is 0 Å². The first-order chi connectivity index (χ1) is 16.1. The first-order valence-corrected chi connectivity index (χ1v) is 13.0. The van der Waals surface area contributed by atoms with E-state index in [1.54, 1.807) is 0 Å². The Balaban J connectivity index is 1.22. The molecule has 2 bridgehead atoms. The predicted molar refractivity (Wildman–Crippen MR) is 133 cm³/mol. The molecule has 0 spiro atoms. The molecule has 1 saturated heterocycles. The molecule has 4 nitrogen and oxygen atoms in total. The molecule has 0 amide bonds. The van der Waals surface area contributed by atoms with Crippen LogP contribution >= 0.6 is 0 Å². The van der Waals surface area contributed by atoms with Gasteiger partial charge in [-0.1, -0.05) is 37.3 Å². The van der Waals surface area contributed by atoms with Crippen molar-refractivity contribution in [3.63, 3.8) is 0 Å². The third-order valence-corrected chi connectivity index (χ3v) is 8.89. The third-order valence-electron chi connectivity index (χ3n) is 8.89. The van der Waals surface area contributed by atoms with Crippen LogP contribution in [0.15, 0.2) is 48.5 Å². The van der Waals surface area contributed by atoms with Gasteiger partial charge in [-0.25, -0.2) is 0 Å². The van der Waals surface area contributed by atoms with E-state index < -0.39 is 0 Å². The maximum absolute atomic E-state index is 6.28. The normalized spacial score (nSPS) is 31.5. The van der Waals surface area contributed by atoms with Gasteiger partial charge in [-0.2, -0.15) is 0 Å². The largest absolute Gasteiger partial charge is 0.488 e. The minimum Gasteiger partial charge on any atom is -0.488 e. The van der Waals surface area contributed by atoms with Crippen LogP contribution in [0, 0.1) is 5.92 Å². The molecule has 0 unspecified atom stereocenters. The number of H-pyrrole nitrogens is 1. The molecule has 33 heavy (non-hydrogen) atoms. The lowest BCUT2D eigenvalue weighted by Crippen LogP contribution is -2.71. The molecule has 4 heteroatoms. The van der Waals surface area contributed by atoms with Crippen LogP contribution in [0.5, 0.6) is 5.75 Å². The maximum atomic E-state index is 6.28. The van der Waals surface area contributed by atoms with Crippen LogP contribution in [-0.2, 0) is 6.42 Å². The van der Waals surface area contributed by atoms with Crippen molar-refractivity contribution in [2.24, 2.45) is 5.92 Å². The number of hydrogen-bond acceptors (Lipinski definition) is 3. The summed E-state index contributed by atoms with van der Waals surface area (Å²) in [6, 6.07) is 18.8. The molecule has 3 aromatic rings. The van der Waals surface area contributed by atoms with Crippen molar-refractivity contribution in [3.05, 3.63) is 65.4 Å². The maximum Gasteiger partial charge on any atom is 0.124 e. The summed E-state index contributed by atoms with van der Waals surface area (Å²) in [7, 11) is 0. The summed E-state index contributed by atoms with van der Waals surface area (Å²) in [6.07, 6.45) is 6.87. The second kappa shape index (κ2) is 7.35. The fraction of sp³-hybridized carbons (Fsp3) is 0.517. The molecule has 3 heterocycles. The van der Waals surface area contributed by atoms with E-state index in [1.165, 1.54) is 60.0 Å². The summed E-state index contributed by atoms with van der Waals surface area (Å²) in [5.41, 5.74) is 6.04. The molecule has 2 aliphatic heterocycles. The highest BCUT2D eigenvalue weighted by atomic mass is 16.5. The molecular formula is C29H35N3O. The standard InChI is InChI=1S/C29H35N3O/c1-3-12-31-17-23(18-31)33-22-10-8-21(9-11-22)28-27-25(24-6-4-5-7-26(24)30-27)13-19(2)32(28)29-14-20(15-29)16-29/h4-11,19-20,23,28,30H,3,12-18H2,1-2H3/t19-,20?,28-,29?/m1/s1. The van der Waals surface area contributed by atoms with Gasteiger partial charge in [0.1, 0.15) is 11.9 Å². The average molecular weight is 442 g/mol. The molecular weight excluding hydrogens is 406 g/mol. The van der Waals surface area contributed by atoms with Gasteiger partial charge in [0.15, 0.2) is 0 Å². The zero-order valence-corrected chi connectivity index (χ0v) is 19.9. The highest BCUT2D eigenvalue weighted by Gasteiger charge is 2.63. The summed E-state index contributed by atoms with van der Waals surface area (Å²) in [6.45, 7) is 8.00. The van der Waals surface area contributed by atoms with Crippen molar-refractivity contribution in [1.82, 2.24) is 14.8 Å². The summed E-state index contributed by atoms with van der Waals surface area (Å²) in [5, 5.41) is 1.41. The van der Waals surface area contributed by atoms with E-state index in [-0.39, 0.29) is 0 Å². The Labute approximate surface area is 196 Å². The fourth-order valence-electron chi connectivity index (χ4n) is 7.30. The highest BCUT2D eigenvalue weighted by Crippen LogP contribution is 2.64. The fourth-order valence-corrected chi connectivity index (χ4v) is 7.30. The monoisotopic (exact) mass is 441 g/mol. The van der Waals surface area contributed by atoms with Crippen molar-refractivity contribution >= 4 is 10.9 Å². The third kappa shape index (κ3) is 3.03. The number of ether oxygens (including phenoxy) is 1. The van der Waals surface area contributed by atoms with E-state index in [4.69, 9.17) is 4.74 Å². The highest BCUT2D eigenvalue weighted by molar-refractivity contribution is 5.85. The smallest absolute Gasteiger partial charge is 0.124 e. The molecule has 3 aliphatic carbocycles. The predicted octanol–water partition coefficient (Wildman–Crippen LogP) is 5.53. The molecule has 1 aromatic heterocycles. The number of aromatic amines is 1. The molecule has 3 saturated carbocycles. The zero-order valence-electron chi connectivity index (χ0n) is 19.9. The number of para-hydroxylation sites is 1. The molecule has 5 aliphatic rings. The number of nitrogens with zero attached hydrogens (tertiary/aromatic N) is 2. The lowest BCUT2D eigenvalue weighted by Gasteiger charge is -2.70. The van der Waals surface area contributed by atoms with Crippen LogP contribution in [0.1, 0.15) is 62.4 Å². The van der Waals surface area contributed by atoms with Crippen LogP contribution in [0.3, 0.4) is 0 Å². The SMILES string of the molecule is CCCN1CC(Oc2ccc([C@@H]3c4[nH]c5ccccc5c4C[C@@H](C)N3C34CC(C3)C4)cc2)C1. The zero-order chi connectivity index (χ0) is 22.2. The number of rotatable bonds is 6. The van der Waals surface area contributed by atoms with Crippen LogP contribution in [0.25, 0.3) is 10.9 Å². The molecule has 0 radical (unpaired) electrons. The first kappa shape index (κ1) is 20.1. The van der Waals surface area contributed by atoms with E-state index in [1.807, 2.05) is 0 Å². The van der Waals surface area contributed by atoms with Crippen molar-refractivity contribution in [2.45, 2.75) is 69.7 Å². The molecule has 1 N–H and O–H groups in total. The van der Waals surface area contributed by atoms with Gasteiger partial charge in [0.05, 0.1) is 6.04 Å². The number of aromatic nitrogens is 1. The molecule has 2 aromatic carbocycles. The van der Waals surface area contributed by atoms with E-state index in [0.717, 1.165) is 31.2 Å². The summed E-state index contributed by atoms with van der Waals surface area (Å²) < 4.78 is 6.28. The number of fused-ring (bicyclic) bond motifs is 3. The van der Waals surface area contributed by atoms with Crippen LogP contribution < -0.4 is 4.74 Å². The lowest BCUT2D eigenvalue weighted by molar-refractivity contribution is -0.174. The van der Waals surface area contributed by atoms with Gasteiger partial charge in [-0.05, 0) is 80.8 Å². The molecule has 2 atom stereocenters. The van der Waals surface area contributed by atoms with Gasteiger partial charge in [0.25, 0.3) is 0 Å².